The number of aromatic nitrogens is 1. The van der Waals surface area contributed by atoms with E-state index in [4.69, 9.17) is 19.2 Å². The molecule has 0 radical (unpaired) electrons. The highest BCUT2D eigenvalue weighted by atomic mass is 32.1. The summed E-state index contributed by atoms with van der Waals surface area (Å²) in [5, 5.41) is 0.637. The summed E-state index contributed by atoms with van der Waals surface area (Å²) in [4.78, 5) is 20.3. The fourth-order valence-corrected chi connectivity index (χ4v) is 4.68. The number of methoxy groups -OCH3 is 3. The first-order valence-electron chi connectivity index (χ1n) is 10.5. The number of carbonyl (C=O) groups is 1. The molecule has 0 spiro atoms. The van der Waals surface area contributed by atoms with Crippen LogP contribution in [0.2, 0.25) is 0 Å². The van der Waals surface area contributed by atoms with Crippen molar-refractivity contribution in [3.8, 4) is 17.2 Å². The molecule has 0 atom stereocenters. The second kappa shape index (κ2) is 9.50. The predicted molar refractivity (Wildman–Crippen MR) is 132 cm³/mol. The normalized spacial score (nSPS) is 10.8. The lowest BCUT2D eigenvalue weighted by molar-refractivity contribution is 0.0984. The number of hydrogen-bond donors (Lipinski definition) is 0. The van der Waals surface area contributed by atoms with E-state index in [1.165, 1.54) is 43.8 Å². The quantitative estimate of drug-likeness (QED) is 0.348. The van der Waals surface area contributed by atoms with Crippen molar-refractivity contribution in [3.05, 3.63) is 76.9 Å². The summed E-state index contributed by atoms with van der Waals surface area (Å²) in [5.41, 5.74) is 4.68. The van der Waals surface area contributed by atoms with Gasteiger partial charge in [0.05, 0.1) is 38.1 Å². The van der Waals surface area contributed by atoms with Crippen LogP contribution in [0.25, 0.3) is 10.2 Å². The first-order chi connectivity index (χ1) is 15.9. The maximum atomic E-state index is 13.8. The van der Waals surface area contributed by atoms with E-state index in [0.29, 0.717) is 34.5 Å². The number of fused-ring (bicyclic) bond motifs is 1. The van der Waals surface area contributed by atoms with Gasteiger partial charge in [-0.3, -0.25) is 9.69 Å². The van der Waals surface area contributed by atoms with Crippen molar-refractivity contribution < 1.29 is 19.0 Å². The van der Waals surface area contributed by atoms with Crippen molar-refractivity contribution in [2.75, 3.05) is 26.2 Å². The van der Waals surface area contributed by atoms with Crippen molar-refractivity contribution in [2.24, 2.45) is 0 Å². The maximum absolute atomic E-state index is 13.8. The second-order valence-electron chi connectivity index (χ2n) is 7.69. The van der Waals surface area contributed by atoms with Crippen LogP contribution >= 0.6 is 11.3 Å². The molecule has 0 fully saturated rings. The van der Waals surface area contributed by atoms with E-state index in [1.807, 2.05) is 30.3 Å². The smallest absolute Gasteiger partial charge is 0.260 e. The molecule has 4 aromatic rings. The highest BCUT2D eigenvalue weighted by Crippen LogP contribution is 2.39. The van der Waals surface area contributed by atoms with E-state index in [-0.39, 0.29) is 5.91 Å². The van der Waals surface area contributed by atoms with Gasteiger partial charge in [-0.15, -0.1) is 0 Å². The average molecular weight is 463 g/mol. The zero-order chi connectivity index (χ0) is 23.5. The molecule has 0 saturated heterocycles. The molecule has 170 valence electrons. The van der Waals surface area contributed by atoms with Gasteiger partial charge in [0.25, 0.3) is 5.91 Å². The van der Waals surface area contributed by atoms with Gasteiger partial charge in [-0.1, -0.05) is 41.7 Å². The molecular weight excluding hydrogens is 436 g/mol. The number of carbonyl (C=O) groups excluding carboxylic acids is 1. The van der Waals surface area contributed by atoms with Gasteiger partial charge in [0.1, 0.15) is 0 Å². The van der Waals surface area contributed by atoms with Crippen LogP contribution in [0.15, 0.2) is 54.6 Å². The fourth-order valence-electron chi connectivity index (χ4n) is 3.64. The third-order valence-electron chi connectivity index (χ3n) is 5.56. The minimum Gasteiger partial charge on any atom is -0.493 e. The third kappa shape index (κ3) is 4.50. The van der Waals surface area contributed by atoms with E-state index >= 15 is 0 Å². The zero-order valence-electron chi connectivity index (χ0n) is 19.3. The van der Waals surface area contributed by atoms with Crippen LogP contribution in [0.3, 0.4) is 0 Å². The number of amides is 1. The van der Waals surface area contributed by atoms with E-state index in [1.54, 1.807) is 17.0 Å². The van der Waals surface area contributed by atoms with E-state index in [2.05, 4.69) is 26.0 Å². The van der Waals surface area contributed by atoms with Crippen molar-refractivity contribution >= 4 is 32.6 Å². The SMILES string of the molecule is COc1cc(C(=O)N(Cc2ccccc2)c2nc3cc(C)c(C)cc3s2)cc(OC)c1OC. The summed E-state index contributed by atoms with van der Waals surface area (Å²) >= 11 is 1.50. The molecule has 0 N–H and O–H groups in total. The Kier molecular flexibility index (Phi) is 6.51. The molecule has 3 aromatic carbocycles. The first kappa shape index (κ1) is 22.6. The standard InChI is InChI=1S/C26H26N2O4S/c1-16-11-20-23(12-17(16)2)33-26(27-20)28(15-18-9-7-6-8-10-18)25(29)19-13-21(30-3)24(32-5)22(14-19)31-4/h6-14H,15H2,1-5H3. The molecule has 1 amide bonds. The fraction of sp³-hybridized carbons (Fsp3) is 0.231. The van der Waals surface area contributed by atoms with Crippen LogP contribution in [0.4, 0.5) is 5.13 Å². The zero-order valence-corrected chi connectivity index (χ0v) is 20.2. The Labute approximate surface area is 197 Å². The molecule has 0 saturated carbocycles. The molecule has 33 heavy (non-hydrogen) atoms. The monoisotopic (exact) mass is 462 g/mol. The molecule has 0 aliphatic carbocycles. The van der Waals surface area contributed by atoms with E-state index in [0.717, 1.165) is 15.8 Å². The number of ether oxygens (including phenoxy) is 3. The molecule has 4 rings (SSSR count). The molecule has 1 heterocycles. The Morgan fingerprint density at radius 2 is 1.55 bits per heavy atom. The predicted octanol–water partition coefficient (Wildman–Crippen LogP) is 5.79. The van der Waals surface area contributed by atoms with Crippen molar-refractivity contribution in [3.63, 3.8) is 0 Å². The lowest BCUT2D eigenvalue weighted by Crippen LogP contribution is -2.30. The van der Waals surface area contributed by atoms with Gasteiger partial charge < -0.3 is 14.2 Å². The number of nitrogens with zero attached hydrogens (tertiary/aromatic N) is 2. The molecule has 7 heteroatoms. The topological polar surface area (TPSA) is 60.9 Å². The summed E-state index contributed by atoms with van der Waals surface area (Å²) in [6, 6.07) is 17.4. The van der Waals surface area contributed by atoms with Crippen molar-refractivity contribution in [1.82, 2.24) is 4.98 Å². The lowest BCUT2D eigenvalue weighted by Gasteiger charge is -2.21. The van der Waals surface area contributed by atoms with Crippen LogP contribution < -0.4 is 19.1 Å². The number of rotatable bonds is 7. The largest absolute Gasteiger partial charge is 0.493 e. The van der Waals surface area contributed by atoms with Gasteiger partial charge in [0.15, 0.2) is 16.6 Å². The van der Waals surface area contributed by atoms with Crippen LogP contribution in [0.1, 0.15) is 27.0 Å². The van der Waals surface area contributed by atoms with Gasteiger partial charge >= 0.3 is 0 Å². The summed E-state index contributed by atoms with van der Waals surface area (Å²) < 4.78 is 17.4. The van der Waals surface area contributed by atoms with Crippen LogP contribution in [-0.4, -0.2) is 32.2 Å². The van der Waals surface area contributed by atoms with Gasteiger partial charge in [0, 0.05) is 5.56 Å². The molecular formula is C26H26N2O4S. The van der Waals surface area contributed by atoms with E-state index < -0.39 is 0 Å². The number of thiazole rings is 1. The van der Waals surface area contributed by atoms with Gasteiger partial charge in [-0.25, -0.2) is 4.98 Å². The molecule has 0 aliphatic rings. The Bertz CT molecular complexity index is 1240. The molecule has 6 nitrogen and oxygen atoms in total. The average Bonchev–Trinajstić information content (AvgIpc) is 3.24. The minimum absolute atomic E-state index is 0.203. The molecule has 0 unspecified atom stereocenters. The Balaban J connectivity index is 1.82. The molecule has 0 bridgehead atoms. The highest BCUT2D eigenvalue weighted by molar-refractivity contribution is 7.22. The maximum Gasteiger partial charge on any atom is 0.260 e. The lowest BCUT2D eigenvalue weighted by atomic mass is 10.1. The Hall–Kier alpha value is -3.58. The van der Waals surface area contributed by atoms with Gasteiger partial charge in [0.2, 0.25) is 5.75 Å². The molecule has 0 aliphatic heterocycles. The number of hydrogen-bond acceptors (Lipinski definition) is 6. The molecule has 1 aromatic heterocycles. The first-order valence-corrected chi connectivity index (χ1v) is 11.3. The van der Waals surface area contributed by atoms with Crippen molar-refractivity contribution in [2.45, 2.75) is 20.4 Å². The highest BCUT2D eigenvalue weighted by Gasteiger charge is 2.25. The minimum atomic E-state index is -0.203. The number of benzene rings is 3. The van der Waals surface area contributed by atoms with Crippen LogP contribution in [0.5, 0.6) is 17.2 Å². The Morgan fingerprint density at radius 3 is 2.15 bits per heavy atom. The number of anilines is 1. The van der Waals surface area contributed by atoms with Gasteiger partial charge in [-0.05, 0) is 54.8 Å². The summed E-state index contributed by atoms with van der Waals surface area (Å²) in [6.07, 6.45) is 0. The second-order valence-corrected chi connectivity index (χ2v) is 8.70. The van der Waals surface area contributed by atoms with Gasteiger partial charge in [-0.2, -0.15) is 0 Å². The summed E-state index contributed by atoms with van der Waals surface area (Å²) in [7, 11) is 4.60. The Morgan fingerprint density at radius 1 is 0.909 bits per heavy atom. The van der Waals surface area contributed by atoms with Crippen molar-refractivity contribution in [1.29, 1.82) is 0 Å². The summed E-state index contributed by atoms with van der Waals surface area (Å²) in [5.74, 6) is 1.09. The number of aryl methyl sites for hydroxylation is 2. The summed E-state index contributed by atoms with van der Waals surface area (Å²) in [6.45, 7) is 4.53. The van der Waals surface area contributed by atoms with Crippen LogP contribution in [0, 0.1) is 13.8 Å². The van der Waals surface area contributed by atoms with Crippen LogP contribution in [-0.2, 0) is 6.54 Å². The third-order valence-corrected chi connectivity index (χ3v) is 6.61. The van der Waals surface area contributed by atoms with E-state index in [9.17, 15) is 4.79 Å².